The lowest BCUT2D eigenvalue weighted by Gasteiger charge is -2.19. The molecule has 2 unspecified atom stereocenters. The van der Waals surface area contributed by atoms with Gasteiger partial charge in [-0.25, -0.2) is 4.98 Å². The third-order valence-electron chi connectivity index (χ3n) is 2.19. The Kier molecular flexibility index (Phi) is 5.04. The van der Waals surface area contributed by atoms with Gasteiger partial charge in [-0.15, -0.1) is 0 Å². The van der Waals surface area contributed by atoms with E-state index in [1.807, 2.05) is 6.20 Å². The first-order chi connectivity index (χ1) is 6.74. The van der Waals surface area contributed by atoms with E-state index in [2.05, 4.69) is 36.1 Å². The highest BCUT2D eigenvalue weighted by Gasteiger charge is 2.13. The predicted molar refractivity (Wildman–Crippen MR) is 61.7 cm³/mol. The smallest absolute Gasteiger partial charge is 0.165 e. The van der Waals surface area contributed by atoms with Gasteiger partial charge in [0, 0.05) is 23.7 Å². The molecule has 0 aliphatic carbocycles. The summed E-state index contributed by atoms with van der Waals surface area (Å²) in [6.45, 7) is 7.71. The molecule has 80 valence electrons. The fourth-order valence-corrected chi connectivity index (χ4v) is 2.04. The number of nitrogens with zero attached hydrogens (tertiary/aromatic N) is 1. The molecular weight excluding hydrogens is 194 g/mol. The van der Waals surface area contributed by atoms with Gasteiger partial charge in [0.15, 0.2) is 5.16 Å². The molecule has 1 aromatic rings. The Balaban J connectivity index is 2.30. The van der Waals surface area contributed by atoms with Crippen molar-refractivity contribution in [2.45, 2.75) is 43.6 Å². The van der Waals surface area contributed by atoms with Gasteiger partial charge in [0.1, 0.15) is 0 Å². The number of aromatic nitrogens is 2. The molecule has 0 bridgehead atoms. The highest BCUT2D eigenvalue weighted by Crippen LogP contribution is 2.20. The largest absolute Gasteiger partial charge is 0.340 e. The molecule has 0 aliphatic heterocycles. The molecule has 0 aliphatic rings. The van der Waals surface area contributed by atoms with Gasteiger partial charge in [0.05, 0.1) is 0 Å². The van der Waals surface area contributed by atoms with E-state index in [4.69, 9.17) is 0 Å². The number of hydrogen-bond acceptors (Lipinski definition) is 3. The molecule has 0 saturated carbocycles. The van der Waals surface area contributed by atoms with Crippen LogP contribution in [0.2, 0.25) is 0 Å². The molecule has 1 heterocycles. The molecule has 0 aromatic carbocycles. The van der Waals surface area contributed by atoms with E-state index in [0.29, 0.717) is 11.3 Å². The van der Waals surface area contributed by atoms with Gasteiger partial charge < -0.3 is 10.3 Å². The third-order valence-corrected chi connectivity index (χ3v) is 3.42. The Morgan fingerprint density at radius 2 is 2.36 bits per heavy atom. The summed E-state index contributed by atoms with van der Waals surface area (Å²) >= 11 is 1.78. The summed E-state index contributed by atoms with van der Waals surface area (Å²) < 4.78 is 0. The minimum absolute atomic E-state index is 0.519. The van der Waals surface area contributed by atoms with Crippen molar-refractivity contribution < 1.29 is 0 Å². The average Bonchev–Trinajstić information content (AvgIpc) is 2.66. The molecule has 14 heavy (non-hydrogen) atoms. The van der Waals surface area contributed by atoms with E-state index in [1.54, 1.807) is 18.0 Å². The van der Waals surface area contributed by atoms with Crippen LogP contribution in [0, 0.1) is 0 Å². The second kappa shape index (κ2) is 6.09. The first-order valence-corrected chi connectivity index (χ1v) is 6.01. The van der Waals surface area contributed by atoms with Gasteiger partial charge in [-0.2, -0.15) is 0 Å². The minimum Gasteiger partial charge on any atom is -0.340 e. The van der Waals surface area contributed by atoms with Gasteiger partial charge in [-0.1, -0.05) is 25.6 Å². The molecule has 0 spiro atoms. The van der Waals surface area contributed by atoms with Gasteiger partial charge in [-0.05, 0) is 19.9 Å². The van der Waals surface area contributed by atoms with Crippen LogP contribution < -0.4 is 5.32 Å². The molecule has 0 radical (unpaired) electrons. The maximum atomic E-state index is 4.20. The zero-order chi connectivity index (χ0) is 10.4. The van der Waals surface area contributed by atoms with Crippen molar-refractivity contribution in [3.05, 3.63) is 12.4 Å². The molecular formula is C10H19N3S. The third kappa shape index (κ3) is 3.72. The van der Waals surface area contributed by atoms with Crippen LogP contribution in [0.25, 0.3) is 0 Å². The van der Waals surface area contributed by atoms with Crippen LogP contribution >= 0.6 is 11.8 Å². The van der Waals surface area contributed by atoms with Crippen molar-refractivity contribution >= 4 is 11.8 Å². The molecule has 1 aromatic heterocycles. The number of rotatable bonds is 6. The van der Waals surface area contributed by atoms with Gasteiger partial charge in [0.2, 0.25) is 0 Å². The number of hydrogen-bond donors (Lipinski definition) is 2. The number of thioether (sulfide) groups is 1. The SMILES string of the molecule is CCCNC(C)C(C)Sc1ncc[nH]1. The summed E-state index contributed by atoms with van der Waals surface area (Å²) in [4.78, 5) is 7.30. The summed E-state index contributed by atoms with van der Waals surface area (Å²) in [6, 6.07) is 0.519. The van der Waals surface area contributed by atoms with Crippen molar-refractivity contribution in [2.24, 2.45) is 0 Å². The van der Waals surface area contributed by atoms with E-state index >= 15 is 0 Å². The van der Waals surface area contributed by atoms with E-state index < -0.39 is 0 Å². The highest BCUT2D eigenvalue weighted by molar-refractivity contribution is 7.99. The van der Waals surface area contributed by atoms with Gasteiger partial charge >= 0.3 is 0 Å². The molecule has 2 N–H and O–H groups in total. The van der Waals surface area contributed by atoms with Crippen LogP contribution in [0.15, 0.2) is 17.6 Å². The zero-order valence-corrected chi connectivity index (χ0v) is 9.90. The first kappa shape index (κ1) is 11.6. The summed E-state index contributed by atoms with van der Waals surface area (Å²) in [5.74, 6) is 0. The maximum absolute atomic E-state index is 4.20. The van der Waals surface area contributed by atoms with Crippen molar-refractivity contribution in [1.29, 1.82) is 0 Å². The second-order valence-corrected chi connectivity index (χ2v) is 4.83. The molecule has 0 fully saturated rings. The maximum Gasteiger partial charge on any atom is 0.165 e. The first-order valence-electron chi connectivity index (χ1n) is 5.13. The standard InChI is InChI=1S/C10H19N3S/c1-4-5-11-8(2)9(3)14-10-12-6-7-13-10/h6-9,11H,4-5H2,1-3H3,(H,12,13). The van der Waals surface area contributed by atoms with E-state index in [9.17, 15) is 0 Å². The number of H-pyrrole nitrogens is 1. The molecule has 1 rings (SSSR count). The molecule has 0 saturated heterocycles. The van der Waals surface area contributed by atoms with Crippen LogP contribution in [0.5, 0.6) is 0 Å². The average molecular weight is 213 g/mol. The topological polar surface area (TPSA) is 40.7 Å². The van der Waals surface area contributed by atoms with E-state index in [0.717, 1.165) is 11.7 Å². The number of imidazole rings is 1. The Hall–Kier alpha value is -0.480. The molecule has 3 nitrogen and oxygen atoms in total. The lowest BCUT2D eigenvalue weighted by atomic mass is 10.2. The van der Waals surface area contributed by atoms with Gasteiger partial charge in [-0.3, -0.25) is 0 Å². The zero-order valence-electron chi connectivity index (χ0n) is 9.08. The van der Waals surface area contributed by atoms with E-state index in [1.165, 1.54) is 6.42 Å². The van der Waals surface area contributed by atoms with Crippen molar-refractivity contribution in [2.75, 3.05) is 6.54 Å². The second-order valence-electron chi connectivity index (χ2n) is 3.46. The predicted octanol–water partition coefficient (Wildman–Crippen LogP) is 2.28. The molecule has 2 atom stereocenters. The lowest BCUT2D eigenvalue weighted by molar-refractivity contribution is 0.541. The fraction of sp³-hybridized carbons (Fsp3) is 0.700. The van der Waals surface area contributed by atoms with Crippen LogP contribution in [0.3, 0.4) is 0 Å². The van der Waals surface area contributed by atoms with Crippen LogP contribution in [0.1, 0.15) is 27.2 Å². The highest BCUT2D eigenvalue weighted by atomic mass is 32.2. The molecule has 0 amide bonds. The number of aromatic amines is 1. The Labute approximate surface area is 90.1 Å². The Morgan fingerprint density at radius 3 is 2.93 bits per heavy atom. The lowest BCUT2D eigenvalue weighted by Crippen LogP contribution is -2.34. The summed E-state index contributed by atoms with van der Waals surface area (Å²) in [7, 11) is 0. The summed E-state index contributed by atoms with van der Waals surface area (Å²) in [6.07, 6.45) is 4.83. The quantitative estimate of drug-likeness (QED) is 0.712. The van der Waals surface area contributed by atoms with Crippen molar-refractivity contribution in [3.63, 3.8) is 0 Å². The normalized spacial score (nSPS) is 15.4. The van der Waals surface area contributed by atoms with Crippen LogP contribution in [-0.2, 0) is 0 Å². The Morgan fingerprint density at radius 1 is 1.57 bits per heavy atom. The number of nitrogens with one attached hydrogen (secondary N) is 2. The van der Waals surface area contributed by atoms with E-state index in [-0.39, 0.29) is 0 Å². The van der Waals surface area contributed by atoms with Crippen molar-refractivity contribution in [1.82, 2.24) is 15.3 Å². The fourth-order valence-electron chi connectivity index (χ4n) is 1.13. The minimum atomic E-state index is 0.519. The summed E-state index contributed by atoms with van der Waals surface area (Å²) in [5.41, 5.74) is 0. The summed E-state index contributed by atoms with van der Waals surface area (Å²) in [5, 5.41) is 5.02. The van der Waals surface area contributed by atoms with Crippen LogP contribution in [-0.4, -0.2) is 27.8 Å². The molecule has 4 heteroatoms. The van der Waals surface area contributed by atoms with Crippen LogP contribution in [0.4, 0.5) is 0 Å². The van der Waals surface area contributed by atoms with Crippen molar-refractivity contribution in [3.8, 4) is 0 Å². The monoisotopic (exact) mass is 213 g/mol. The Bertz CT molecular complexity index is 236. The van der Waals surface area contributed by atoms with Gasteiger partial charge in [0.25, 0.3) is 0 Å².